The molecule has 0 radical (unpaired) electrons. The SMILES string of the molecule is C=C(CC)C(=O)O.C=CC(=O)OCCCO. The standard InChI is InChI=1S/C6H10O3.C5H8O2/c1-2-6(8)9-5-3-4-7;1-3-4(2)5(6)7/h2,7H,1,3-5H2;2-3H2,1H3,(H,6,7). The van der Waals surface area contributed by atoms with E-state index in [0.29, 0.717) is 12.8 Å². The highest BCUT2D eigenvalue weighted by Crippen LogP contribution is 1.93. The first-order valence-corrected chi connectivity index (χ1v) is 4.80. The van der Waals surface area contributed by atoms with E-state index in [1.54, 1.807) is 6.92 Å². The zero-order chi connectivity index (χ0) is 13.0. The van der Waals surface area contributed by atoms with Gasteiger partial charge in [-0.1, -0.05) is 20.1 Å². The van der Waals surface area contributed by atoms with Gasteiger partial charge in [0.1, 0.15) is 0 Å². The number of ether oxygens (including phenoxy) is 1. The van der Waals surface area contributed by atoms with Crippen molar-refractivity contribution in [3.05, 3.63) is 24.8 Å². The van der Waals surface area contributed by atoms with E-state index < -0.39 is 11.9 Å². The monoisotopic (exact) mass is 230 g/mol. The molecule has 0 heterocycles. The number of esters is 1. The van der Waals surface area contributed by atoms with Crippen molar-refractivity contribution < 1.29 is 24.5 Å². The highest BCUT2D eigenvalue weighted by atomic mass is 16.5. The maximum Gasteiger partial charge on any atom is 0.330 e. The molecule has 0 unspecified atom stereocenters. The first kappa shape index (κ1) is 16.8. The molecule has 0 saturated heterocycles. The molecule has 0 aromatic rings. The quantitative estimate of drug-likeness (QED) is 0.406. The number of carbonyl (C=O) groups excluding carboxylic acids is 1. The minimum absolute atomic E-state index is 0.0461. The average Bonchev–Trinajstić information content (AvgIpc) is 2.28. The molecule has 0 atom stereocenters. The highest BCUT2D eigenvalue weighted by molar-refractivity contribution is 5.85. The van der Waals surface area contributed by atoms with Gasteiger partial charge in [-0.3, -0.25) is 0 Å². The molecular weight excluding hydrogens is 212 g/mol. The maximum atomic E-state index is 10.3. The van der Waals surface area contributed by atoms with Crippen molar-refractivity contribution in [1.82, 2.24) is 0 Å². The van der Waals surface area contributed by atoms with Crippen molar-refractivity contribution in [3.8, 4) is 0 Å². The molecule has 0 aliphatic rings. The molecule has 0 aromatic carbocycles. The molecule has 16 heavy (non-hydrogen) atoms. The van der Waals surface area contributed by atoms with Crippen molar-refractivity contribution in [1.29, 1.82) is 0 Å². The Labute approximate surface area is 95.0 Å². The number of carboxylic acids is 1. The topological polar surface area (TPSA) is 83.8 Å². The molecule has 0 amide bonds. The van der Waals surface area contributed by atoms with Crippen LogP contribution in [0.4, 0.5) is 0 Å². The second-order valence-corrected chi connectivity index (χ2v) is 2.71. The number of aliphatic hydroxyl groups is 1. The van der Waals surface area contributed by atoms with Gasteiger partial charge in [-0.05, 0) is 6.42 Å². The first-order chi connectivity index (χ1) is 7.49. The third-order valence-electron chi connectivity index (χ3n) is 1.44. The van der Waals surface area contributed by atoms with E-state index in [4.69, 9.17) is 10.2 Å². The van der Waals surface area contributed by atoms with Gasteiger partial charge < -0.3 is 14.9 Å². The lowest BCUT2D eigenvalue weighted by molar-refractivity contribution is -0.138. The first-order valence-electron chi connectivity index (χ1n) is 4.80. The molecule has 0 aromatic heterocycles. The van der Waals surface area contributed by atoms with E-state index in [-0.39, 0.29) is 18.8 Å². The fourth-order valence-corrected chi connectivity index (χ4v) is 0.447. The molecule has 0 saturated carbocycles. The largest absolute Gasteiger partial charge is 0.478 e. The van der Waals surface area contributed by atoms with Crippen LogP contribution in [0.25, 0.3) is 0 Å². The van der Waals surface area contributed by atoms with Gasteiger partial charge in [0.2, 0.25) is 0 Å². The summed E-state index contributed by atoms with van der Waals surface area (Å²) >= 11 is 0. The van der Waals surface area contributed by atoms with Crippen LogP contribution in [0.5, 0.6) is 0 Å². The molecule has 0 bridgehead atoms. The number of aliphatic carboxylic acids is 1. The number of aliphatic hydroxyl groups excluding tert-OH is 1. The van der Waals surface area contributed by atoms with Gasteiger partial charge in [0.05, 0.1) is 6.61 Å². The smallest absolute Gasteiger partial charge is 0.330 e. The van der Waals surface area contributed by atoms with E-state index in [2.05, 4.69) is 17.9 Å². The molecule has 2 N–H and O–H groups in total. The van der Waals surface area contributed by atoms with Gasteiger partial charge in [0.15, 0.2) is 0 Å². The Hall–Kier alpha value is -1.62. The average molecular weight is 230 g/mol. The Balaban J connectivity index is 0. The van der Waals surface area contributed by atoms with Crippen molar-refractivity contribution in [2.75, 3.05) is 13.2 Å². The Morgan fingerprint density at radius 3 is 2.25 bits per heavy atom. The number of carbonyl (C=O) groups is 2. The normalized spacial score (nSPS) is 8.38. The molecule has 0 aliphatic carbocycles. The highest BCUT2D eigenvalue weighted by Gasteiger charge is 1.96. The van der Waals surface area contributed by atoms with Crippen molar-refractivity contribution in [3.63, 3.8) is 0 Å². The predicted molar refractivity (Wildman–Crippen MR) is 59.9 cm³/mol. The molecule has 0 aliphatic heterocycles. The number of hydrogen-bond acceptors (Lipinski definition) is 4. The lowest BCUT2D eigenvalue weighted by Gasteiger charge is -1.96. The Morgan fingerprint density at radius 2 is 2.00 bits per heavy atom. The third-order valence-corrected chi connectivity index (χ3v) is 1.44. The van der Waals surface area contributed by atoms with E-state index >= 15 is 0 Å². The van der Waals surface area contributed by atoms with Crippen LogP contribution < -0.4 is 0 Å². The second-order valence-electron chi connectivity index (χ2n) is 2.71. The zero-order valence-corrected chi connectivity index (χ0v) is 9.44. The Morgan fingerprint density at radius 1 is 1.44 bits per heavy atom. The molecule has 92 valence electrons. The molecule has 5 nitrogen and oxygen atoms in total. The van der Waals surface area contributed by atoms with Gasteiger partial charge in [0, 0.05) is 24.7 Å². The molecule has 0 spiro atoms. The van der Waals surface area contributed by atoms with Crippen LogP contribution in [0.15, 0.2) is 24.8 Å². The summed E-state index contributed by atoms with van der Waals surface area (Å²) < 4.78 is 4.51. The minimum Gasteiger partial charge on any atom is -0.478 e. The molecular formula is C11H18O5. The fraction of sp³-hybridized carbons (Fsp3) is 0.455. The Bertz CT molecular complexity index is 245. The lowest BCUT2D eigenvalue weighted by Crippen LogP contribution is -2.02. The summed E-state index contributed by atoms with van der Waals surface area (Å²) in [5, 5.41) is 16.3. The predicted octanol–water partition coefficient (Wildman–Crippen LogP) is 1.14. The third kappa shape index (κ3) is 12.4. The van der Waals surface area contributed by atoms with Crippen LogP contribution in [0.1, 0.15) is 19.8 Å². The molecule has 0 fully saturated rings. The number of hydrogen-bond donors (Lipinski definition) is 2. The summed E-state index contributed by atoms with van der Waals surface area (Å²) in [6, 6.07) is 0. The van der Waals surface area contributed by atoms with Gasteiger partial charge in [0.25, 0.3) is 0 Å². The van der Waals surface area contributed by atoms with E-state index in [1.165, 1.54) is 0 Å². The lowest BCUT2D eigenvalue weighted by atomic mass is 10.2. The van der Waals surface area contributed by atoms with Crippen LogP contribution in [0.3, 0.4) is 0 Å². The van der Waals surface area contributed by atoms with E-state index in [1.807, 2.05) is 0 Å². The van der Waals surface area contributed by atoms with Crippen molar-refractivity contribution in [2.24, 2.45) is 0 Å². The van der Waals surface area contributed by atoms with Gasteiger partial charge >= 0.3 is 11.9 Å². The van der Waals surface area contributed by atoms with Crippen LogP contribution >= 0.6 is 0 Å². The van der Waals surface area contributed by atoms with Crippen LogP contribution in [-0.2, 0) is 14.3 Å². The van der Waals surface area contributed by atoms with Gasteiger partial charge in [-0.25, -0.2) is 9.59 Å². The van der Waals surface area contributed by atoms with Crippen LogP contribution in [0.2, 0.25) is 0 Å². The summed E-state index contributed by atoms with van der Waals surface area (Å²) in [6.07, 6.45) is 2.10. The van der Waals surface area contributed by atoms with Crippen molar-refractivity contribution in [2.45, 2.75) is 19.8 Å². The fourth-order valence-electron chi connectivity index (χ4n) is 0.447. The molecule has 0 rings (SSSR count). The van der Waals surface area contributed by atoms with Crippen molar-refractivity contribution >= 4 is 11.9 Å². The number of rotatable bonds is 6. The molecule has 5 heteroatoms. The van der Waals surface area contributed by atoms with Gasteiger partial charge in [-0.2, -0.15) is 0 Å². The summed E-state index contributed by atoms with van der Waals surface area (Å²) in [5.41, 5.74) is 0.264. The summed E-state index contributed by atoms with van der Waals surface area (Å²) in [6.45, 7) is 8.55. The van der Waals surface area contributed by atoms with Crippen LogP contribution in [-0.4, -0.2) is 35.4 Å². The number of carboxylic acid groups (broad SMARTS) is 1. The van der Waals surface area contributed by atoms with Crippen LogP contribution in [0, 0.1) is 0 Å². The Kier molecular flexibility index (Phi) is 12.0. The second kappa shape index (κ2) is 11.5. The van der Waals surface area contributed by atoms with E-state index in [0.717, 1.165) is 6.08 Å². The maximum absolute atomic E-state index is 10.3. The summed E-state index contributed by atoms with van der Waals surface area (Å²) in [5.74, 6) is -1.34. The zero-order valence-electron chi connectivity index (χ0n) is 9.44. The minimum atomic E-state index is -0.900. The van der Waals surface area contributed by atoms with E-state index in [9.17, 15) is 9.59 Å². The summed E-state index contributed by atoms with van der Waals surface area (Å²) in [7, 11) is 0. The van der Waals surface area contributed by atoms with Gasteiger partial charge in [-0.15, -0.1) is 0 Å². The summed E-state index contributed by atoms with van der Waals surface area (Å²) in [4.78, 5) is 20.1.